The minimum atomic E-state index is -0.103. The van der Waals surface area contributed by atoms with Crippen molar-refractivity contribution in [3.05, 3.63) is 22.4 Å². The van der Waals surface area contributed by atoms with Gasteiger partial charge in [-0.25, -0.2) is 4.79 Å². The highest BCUT2D eigenvalue weighted by Gasteiger charge is 2.17. The van der Waals surface area contributed by atoms with Gasteiger partial charge in [0.05, 0.1) is 19.8 Å². The van der Waals surface area contributed by atoms with Crippen LogP contribution >= 0.6 is 11.3 Å². The van der Waals surface area contributed by atoms with Crippen molar-refractivity contribution in [1.29, 1.82) is 0 Å². The molecule has 19 heavy (non-hydrogen) atoms. The fourth-order valence-electron chi connectivity index (χ4n) is 2.03. The van der Waals surface area contributed by atoms with Gasteiger partial charge in [0.25, 0.3) is 0 Å². The molecular formula is C13H21N3O2S. The zero-order valence-electron chi connectivity index (χ0n) is 11.2. The number of carbonyl (C=O) groups is 1. The van der Waals surface area contributed by atoms with Gasteiger partial charge in [0, 0.05) is 30.6 Å². The van der Waals surface area contributed by atoms with Crippen LogP contribution in [0.1, 0.15) is 11.8 Å². The van der Waals surface area contributed by atoms with Crippen LogP contribution in [-0.4, -0.2) is 49.8 Å². The van der Waals surface area contributed by atoms with Crippen LogP contribution in [0, 0.1) is 0 Å². The second-order valence-corrected chi connectivity index (χ2v) is 5.67. The maximum atomic E-state index is 11.7. The van der Waals surface area contributed by atoms with Gasteiger partial charge in [-0.3, -0.25) is 4.90 Å². The number of thiophene rings is 1. The second kappa shape index (κ2) is 7.47. The van der Waals surface area contributed by atoms with Gasteiger partial charge in [-0.05, 0) is 18.4 Å². The monoisotopic (exact) mass is 283 g/mol. The van der Waals surface area contributed by atoms with E-state index in [4.69, 9.17) is 4.74 Å². The smallest absolute Gasteiger partial charge is 0.315 e. The van der Waals surface area contributed by atoms with Gasteiger partial charge in [-0.15, -0.1) is 11.3 Å². The van der Waals surface area contributed by atoms with E-state index in [0.717, 1.165) is 31.2 Å². The van der Waals surface area contributed by atoms with E-state index in [1.54, 1.807) is 11.3 Å². The Hall–Kier alpha value is -1.11. The summed E-state index contributed by atoms with van der Waals surface area (Å²) in [5, 5.41) is 7.78. The van der Waals surface area contributed by atoms with Gasteiger partial charge in [-0.2, -0.15) is 0 Å². The molecular weight excluding hydrogens is 262 g/mol. The van der Waals surface area contributed by atoms with E-state index in [0.29, 0.717) is 19.1 Å². The van der Waals surface area contributed by atoms with Crippen LogP contribution in [0.2, 0.25) is 0 Å². The van der Waals surface area contributed by atoms with Gasteiger partial charge in [0.1, 0.15) is 0 Å². The van der Waals surface area contributed by atoms with Crippen molar-refractivity contribution in [2.45, 2.75) is 19.5 Å². The van der Waals surface area contributed by atoms with Gasteiger partial charge >= 0.3 is 6.03 Å². The molecule has 2 amide bonds. The fraction of sp³-hybridized carbons (Fsp3) is 0.615. The van der Waals surface area contributed by atoms with Crippen molar-refractivity contribution in [2.24, 2.45) is 0 Å². The molecule has 1 fully saturated rings. The lowest BCUT2D eigenvalue weighted by molar-refractivity contribution is 0.0209. The minimum absolute atomic E-state index is 0.103. The van der Waals surface area contributed by atoms with Crippen LogP contribution in [0.15, 0.2) is 17.5 Å². The Labute approximate surface area is 117 Å². The third kappa shape index (κ3) is 4.81. The van der Waals surface area contributed by atoms with Crippen LogP contribution < -0.4 is 10.6 Å². The number of urea groups is 1. The summed E-state index contributed by atoms with van der Waals surface area (Å²) in [6, 6.07) is 4.24. The first kappa shape index (κ1) is 14.3. The highest BCUT2D eigenvalue weighted by atomic mass is 32.1. The lowest BCUT2D eigenvalue weighted by atomic mass is 10.2. The molecule has 2 N–H and O–H groups in total. The van der Waals surface area contributed by atoms with Crippen LogP contribution in [0.25, 0.3) is 0 Å². The first-order chi connectivity index (χ1) is 9.25. The van der Waals surface area contributed by atoms with E-state index in [1.807, 2.05) is 17.5 Å². The van der Waals surface area contributed by atoms with Crippen molar-refractivity contribution in [3.63, 3.8) is 0 Å². The zero-order valence-corrected chi connectivity index (χ0v) is 12.0. The molecule has 1 aromatic rings. The maximum absolute atomic E-state index is 11.7. The van der Waals surface area contributed by atoms with E-state index >= 15 is 0 Å². The topological polar surface area (TPSA) is 53.6 Å². The fourth-order valence-corrected chi connectivity index (χ4v) is 2.68. The molecule has 1 aromatic heterocycles. The summed E-state index contributed by atoms with van der Waals surface area (Å²) in [4.78, 5) is 15.2. The minimum Gasteiger partial charge on any atom is -0.379 e. The summed E-state index contributed by atoms with van der Waals surface area (Å²) in [5.41, 5.74) is 0. The van der Waals surface area contributed by atoms with Crippen molar-refractivity contribution in [1.82, 2.24) is 15.5 Å². The normalized spacial score (nSPS) is 17.9. The van der Waals surface area contributed by atoms with Gasteiger partial charge < -0.3 is 15.4 Å². The summed E-state index contributed by atoms with van der Waals surface area (Å²) < 4.78 is 5.32. The number of hydrogen-bond donors (Lipinski definition) is 2. The summed E-state index contributed by atoms with van der Waals surface area (Å²) >= 11 is 1.65. The average molecular weight is 283 g/mol. The Morgan fingerprint density at radius 1 is 1.47 bits per heavy atom. The maximum Gasteiger partial charge on any atom is 0.315 e. The quantitative estimate of drug-likeness (QED) is 0.855. The number of amides is 2. The summed E-state index contributed by atoms with van der Waals surface area (Å²) in [5.74, 6) is 0. The third-order valence-electron chi connectivity index (χ3n) is 3.23. The Morgan fingerprint density at radius 3 is 2.95 bits per heavy atom. The van der Waals surface area contributed by atoms with E-state index < -0.39 is 0 Å². The van der Waals surface area contributed by atoms with Gasteiger partial charge in [-0.1, -0.05) is 6.07 Å². The molecule has 0 radical (unpaired) electrons. The molecule has 1 saturated heterocycles. The lowest BCUT2D eigenvalue weighted by Crippen LogP contribution is -2.48. The molecule has 0 aliphatic carbocycles. The first-order valence-corrected chi connectivity index (χ1v) is 7.49. The highest BCUT2D eigenvalue weighted by Crippen LogP contribution is 2.07. The molecule has 106 valence electrons. The summed E-state index contributed by atoms with van der Waals surface area (Å²) in [6.45, 7) is 6.85. The van der Waals surface area contributed by atoms with Crippen molar-refractivity contribution < 1.29 is 9.53 Å². The molecule has 0 bridgehead atoms. The number of rotatable bonds is 5. The molecule has 0 spiro atoms. The van der Waals surface area contributed by atoms with E-state index in [-0.39, 0.29) is 6.03 Å². The van der Waals surface area contributed by atoms with Crippen LogP contribution in [-0.2, 0) is 11.3 Å². The predicted octanol–water partition coefficient (Wildman–Crippen LogP) is 1.27. The van der Waals surface area contributed by atoms with Gasteiger partial charge in [0.15, 0.2) is 0 Å². The number of ether oxygens (including phenoxy) is 1. The Kier molecular flexibility index (Phi) is 5.62. The molecule has 2 heterocycles. The number of nitrogens with one attached hydrogen (secondary N) is 2. The Balaban J connectivity index is 1.62. The summed E-state index contributed by atoms with van der Waals surface area (Å²) in [7, 11) is 0. The van der Waals surface area contributed by atoms with Gasteiger partial charge in [0.2, 0.25) is 0 Å². The van der Waals surface area contributed by atoms with Crippen LogP contribution in [0.5, 0.6) is 0 Å². The Morgan fingerprint density at radius 2 is 2.26 bits per heavy atom. The molecule has 0 saturated carbocycles. The largest absolute Gasteiger partial charge is 0.379 e. The molecule has 1 atom stereocenters. The third-order valence-corrected chi connectivity index (χ3v) is 4.11. The molecule has 1 aliphatic heterocycles. The molecule has 2 rings (SSSR count). The Bertz CT molecular complexity index is 377. The van der Waals surface area contributed by atoms with Crippen LogP contribution in [0.3, 0.4) is 0 Å². The van der Waals surface area contributed by atoms with E-state index in [9.17, 15) is 4.79 Å². The van der Waals surface area contributed by atoms with E-state index in [2.05, 4.69) is 22.5 Å². The van der Waals surface area contributed by atoms with E-state index in [1.165, 1.54) is 0 Å². The predicted molar refractivity (Wildman–Crippen MR) is 76.4 cm³/mol. The molecule has 5 nitrogen and oxygen atoms in total. The number of nitrogens with zero attached hydrogens (tertiary/aromatic N) is 1. The first-order valence-electron chi connectivity index (χ1n) is 6.61. The number of hydrogen-bond acceptors (Lipinski definition) is 4. The highest BCUT2D eigenvalue weighted by molar-refractivity contribution is 7.09. The SMILES string of the molecule is C[C@@H](CNC(=O)NCc1cccs1)N1CCOCC1. The molecule has 0 aromatic carbocycles. The average Bonchev–Trinajstić information content (AvgIpc) is 2.96. The number of morpholine rings is 1. The molecule has 1 aliphatic rings. The molecule has 0 unspecified atom stereocenters. The zero-order chi connectivity index (χ0) is 13.5. The lowest BCUT2D eigenvalue weighted by Gasteiger charge is -2.32. The van der Waals surface area contributed by atoms with Crippen molar-refractivity contribution in [2.75, 3.05) is 32.8 Å². The number of carbonyl (C=O) groups excluding carboxylic acids is 1. The standard InChI is InChI=1S/C13H21N3O2S/c1-11(16-4-6-18-7-5-16)9-14-13(17)15-10-12-3-2-8-19-12/h2-3,8,11H,4-7,9-10H2,1H3,(H2,14,15,17)/t11-/m0/s1. The van der Waals surface area contributed by atoms with Crippen molar-refractivity contribution in [3.8, 4) is 0 Å². The van der Waals surface area contributed by atoms with Crippen LogP contribution in [0.4, 0.5) is 4.79 Å². The molecule has 6 heteroatoms. The summed E-state index contributed by atoms with van der Waals surface area (Å²) in [6.07, 6.45) is 0. The van der Waals surface area contributed by atoms with Crippen molar-refractivity contribution >= 4 is 17.4 Å². The second-order valence-electron chi connectivity index (χ2n) is 4.64.